The molecular formula is C20H15ClN4O5S. The fourth-order valence-corrected chi connectivity index (χ4v) is 3.61. The van der Waals surface area contributed by atoms with Gasteiger partial charge in [-0.2, -0.15) is 5.10 Å². The molecule has 0 bridgehead atoms. The topological polar surface area (TPSA) is 131 Å². The minimum atomic E-state index is -3.79. The maximum absolute atomic E-state index is 12.4. The van der Waals surface area contributed by atoms with Crippen LogP contribution in [0.4, 0.5) is 11.4 Å². The van der Waals surface area contributed by atoms with Crippen molar-refractivity contribution >= 4 is 45.1 Å². The smallest absolute Gasteiger partial charge is 0.271 e. The molecule has 0 heterocycles. The van der Waals surface area contributed by atoms with Crippen LogP contribution in [-0.4, -0.2) is 25.5 Å². The van der Waals surface area contributed by atoms with Crippen LogP contribution < -0.4 is 10.1 Å². The zero-order chi connectivity index (χ0) is 22.4. The van der Waals surface area contributed by atoms with Gasteiger partial charge in [0.2, 0.25) is 0 Å². The number of rotatable bonds is 7. The van der Waals surface area contributed by atoms with Crippen molar-refractivity contribution in [2.24, 2.45) is 5.10 Å². The highest BCUT2D eigenvalue weighted by atomic mass is 35.5. The third-order valence-electron chi connectivity index (χ3n) is 4.01. The summed E-state index contributed by atoms with van der Waals surface area (Å²) in [6.45, 7) is 0. The predicted molar refractivity (Wildman–Crippen MR) is 117 cm³/mol. The van der Waals surface area contributed by atoms with Crippen molar-refractivity contribution in [3.05, 3.63) is 99.1 Å². The van der Waals surface area contributed by atoms with Crippen LogP contribution >= 0.6 is 11.6 Å². The Labute approximate surface area is 182 Å². The minimum Gasteiger partial charge on any atom is -0.280 e. The number of non-ortho nitro benzene ring substituents is 1. The van der Waals surface area contributed by atoms with Gasteiger partial charge in [0.15, 0.2) is 0 Å². The predicted octanol–water partition coefficient (Wildman–Crippen LogP) is 3.81. The number of hydrogen-bond donors (Lipinski definition) is 2. The first kappa shape index (κ1) is 21.9. The number of sulfonamides is 1. The number of amides is 1. The molecule has 0 aromatic heterocycles. The number of nitro groups is 1. The standard InChI is InChI=1S/C20H15ClN4O5S/c21-16-5-11-19(12-6-16)31(29,30)24-17-7-3-15(4-8-17)20(26)23-22-13-14-1-9-18(10-2-14)25(27)28/h1-13,24H,(H,23,26)/b22-13-. The van der Waals surface area contributed by atoms with E-state index in [2.05, 4.69) is 15.2 Å². The van der Waals surface area contributed by atoms with E-state index in [1.807, 2.05) is 0 Å². The Kier molecular flexibility index (Phi) is 6.63. The van der Waals surface area contributed by atoms with Crippen LogP contribution in [0.3, 0.4) is 0 Å². The van der Waals surface area contributed by atoms with Gasteiger partial charge in [-0.05, 0) is 66.2 Å². The van der Waals surface area contributed by atoms with E-state index >= 15 is 0 Å². The fourth-order valence-electron chi connectivity index (χ4n) is 2.43. The number of halogens is 1. The van der Waals surface area contributed by atoms with Gasteiger partial charge in [-0.1, -0.05) is 11.6 Å². The summed E-state index contributed by atoms with van der Waals surface area (Å²) in [6, 6.07) is 17.1. The molecule has 0 unspecified atom stereocenters. The van der Waals surface area contributed by atoms with Crippen LogP contribution in [0.15, 0.2) is 82.8 Å². The Morgan fingerprint density at radius 1 is 0.968 bits per heavy atom. The third-order valence-corrected chi connectivity index (χ3v) is 5.66. The number of nitrogens with one attached hydrogen (secondary N) is 2. The molecule has 3 aromatic rings. The van der Waals surface area contributed by atoms with Gasteiger partial charge < -0.3 is 0 Å². The first-order valence-electron chi connectivity index (χ1n) is 8.71. The second-order valence-corrected chi connectivity index (χ2v) is 8.30. The molecule has 158 valence electrons. The Morgan fingerprint density at radius 3 is 2.16 bits per heavy atom. The van der Waals surface area contributed by atoms with Crippen molar-refractivity contribution in [1.82, 2.24) is 5.43 Å². The lowest BCUT2D eigenvalue weighted by atomic mass is 10.2. The molecule has 0 aliphatic carbocycles. The molecule has 0 aliphatic rings. The van der Waals surface area contributed by atoms with Gasteiger partial charge in [0.25, 0.3) is 21.6 Å². The molecule has 0 aliphatic heterocycles. The molecule has 0 fully saturated rings. The summed E-state index contributed by atoms with van der Waals surface area (Å²) in [6.07, 6.45) is 1.34. The molecule has 9 nitrogen and oxygen atoms in total. The Balaban J connectivity index is 1.60. The maximum Gasteiger partial charge on any atom is 0.271 e. The summed E-state index contributed by atoms with van der Waals surface area (Å²) in [5.41, 5.74) is 3.39. The molecule has 3 rings (SSSR count). The van der Waals surface area contributed by atoms with Crippen LogP contribution in [0.25, 0.3) is 0 Å². The summed E-state index contributed by atoms with van der Waals surface area (Å²) in [4.78, 5) is 22.3. The van der Waals surface area contributed by atoms with Gasteiger partial charge in [-0.25, -0.2) is 13.8 Å². The van der Waals surface area contributed by atoms with Crippen LogP contribution in [0.5, 0.6) is 0 Å². The van der Waals surface area contributed by atoms with Crippen LogP contribution in [0.2, 0.25) is 5.02 Å². The number of anilines is 1. The van der Waals surface area contributed by atoms with E-state index in [0.717, 1.165) is 0 Å². The molecule has 11 heteroatoms. The van der Waals surface area contributed by atoms with Crippen molar-refractivity contribution in [2.75, 3.05) is 4.72 Å². The molecule has 0 saturated carbocycles. The lowest BCUT2D eigenvalue weighted by Crippen LogP contribution is -2.18. The van der Waals surface area contributed by atoms with E-state index in [-0.39, 0.29) is 21.8 Å². The molecule has 3 aromatic carbocycles. The number of nitrogens with zero attached hydrogens (tertiary/aromatic N) is 2. The van der Waals surface area contributed by atoms with Crippen molar-refractivity contribution in [3.8, 4) is 0 Å². The molecule has 1 amide bonds. The fraction of sp³-hybridized carbons (Fsp3) is 0. The molecule has 0 spiro atoms. The van der Waals surface area contributed by atoms with Crippen molar-refractivity contribution in [3.63, 3.8) is 0 Å². The largest absolute Gasteiger partial charge is 0.280 e. The van der Waals surface area contributed by atoms with Gasteiger partial charge in [0, 0.05) is 28.4 Å². The van der Waals surface area contributed by atoms with Crippen molar-refractivity contribution < 1.29 is 18.1 Å². The molecule has 0 atom stereocenters. The summed E-state index contributed by atoms with van der Waals surface area (Å²) >= 11 is 5.77. The second-order valence-electron chi connectivity index (χ2n) is 6.18. The van der Waals surface area contributed by atoms with E-state index in [0.29, 0.717) is 10.6 Å². The van der Waals surface area contributed by atoms with E-state index in [4.69, 9.17) is 11.6 Å². The summed E-state index contributed by atoms with van der Waals surface area (Å²) in [5, 5.41) is 14.9. The lowest BCUT2D eigenvalue weighted by molar-refractivity contribution is -0.384. The van der Waals surface area contributed by atoms with Crippen molar-refractivity contribution in [2.45, 2.75) is 4.90 Å². The van der Waals surface area contributed by atoms with E-state index < -0.39 is 20.9 Å². The number of hydrogen-bond acceptors (Lipinski definition) is 6. The Hall–Kier alpha value is -3.76. The van der Waals surface area contributed by atoms with Gasteiger partial charge in [0.05, 0.1) is 16.0 Å². The number of hydrazone groups is 1. The first-order valence-corrected chi connectivity index (χ1v) is 10.6. The van der Waals surface area contributed by atoms with E-state index in [9.17, 15) is 23.3 Å². The quantitative estimate of drug-likeness (QED) is 0.315. The highest BCUT2D eigenvalue weighted by Gasteiger charge is 2.14. The molecule has 2 N–H and O–H groups in total. The maximum atomic E-state index is 12.4. The molecule has 31 heavy (non-hydrogen) atoms. The zero-order valence-electron chi connectivity index (χ0n) is 15.7. The van der Waals surface area contributed by atoms with E-state index in [1.165, 1.54) is 79.0 Å². The number of benzene rings is 3. The lowest BCUT2D eigenvalue weighted by Gasteiger charge is -2.08. The van der Waals surface area contributed by atoms with E-state index in [1.54, 1.807) is 0 Å². The van der Waals surface area contributed by atoms with Gasteiger partial charge in [-0.3, -0.25) is 19.6 Å². The Bertz CT molecular complexity index is 1230. The average molecular weight is 459 g/mol. The van der Waals surface area contributed by atoms with Gasteiger partial charge >= 0.3 is 0 Å². The minimum absolute atomic E-state index is 0.0482. The average Bonchev–Trinajstić information content (AvgIpc) is 2.74. The summed E-state index contributed by atoms with van der Waals surface area (Å²) < 4.78 is 27.2. The monoisotopic (exact) mass is 458 g/mol. The molecule has 0 saturated heterocycles. The van der Waals surface area contributed by atoms with Crippen LogP contribution in [0.1, 0.15) is 15.9 Å². The number of nitro benzene ring substituents is 1. The first-order chi connectivity index (χ1) is 14.7. The highest BCUT2D eigenvalue weighted by molar-refractivity contribution is 7.92. The highest BCUT2D eigenvalue weighted by Crippen LogP contribution is 2.19. The number of carbonyl (C=O) groups excluding carboxylic acids is 1. The van der Waals surface area contributed by atoms with Gasteiger partial charge in [0.1, 0.15) is 0 Å². The molecule has 0 radical (unpaired) electrons. The summed E-state index contributed by atoms with van der Waals surface area (Å²) in [5.74, 6) is -0.509. The van der Waals surface area contributed by atoms with Crippen molar-refractivity contribution in [1.29, 1.82) is 0 Å². The van der Waals surface area contributed by atoms with Crippen LogP contribution in [-0.2, 0) is 10.0 Å². The Morgan fingerprint density at radius 2 is 1.58 bits per heavy atom. The van der Waals surface area contributed by atoms with Gasteiger partial charge in [-0.15, -0.1) is 0 Å². The number of carbonyl (C=O) groups is 1. The van der Waals surface area contributed by atoms with Crippen LogP contribution in [0, 0.1) is 10.1 Å². The second kappa shape index (κ2) is 9.37. The normalized spacial score (nSPS) is 11.3. The zero-order valence-corrected chi connectivity index (χ0v) is 17.3. The SMILES string of the molecule is O=C(N/N=C\c1ccc([N+](=O)[O-])cc1)c1ccc(NS(=O)(=O)c2ccc(Cl)cc2)cc1. The molecular weight excluding hydrogens is 444 g/mol. The third kappa shape index (κ3) is 5.87. The summed E-state index contributed by atoms with van der Waals surface area (Å²) in [7, 11) is -3.79.